The fourth-order valence-electron chi connectivity index (χ4n) is 9.71. The summed E-state index contributed by atoms with van der Waals surface area (Å²) in [4.78, 5) is 59.5. The molecule has 3 saturated carbocycles. The summed E-state index contributed by atoms with van der Waals surface area (Å²) in [7, 11) is 1.80. The van der Waals surface area contributed by atoms with E-state index in [2.05, 4.69) is 43.0 Å². The Labute approximate surface area is 270 Å². The van der Waals surface area contributed by atoms with Gasteiger partial charge in [0.25, 0.3) is 0 Å². The number of likely N-dealkylation sites (tertiary alicyclic amines) is 2. The minimum Gasteiger partial charge on any atom is -0.390 e. The molecule has 0 aromatic rings. The molecule has 250 valence electrons. The SMILES string of the molecule is C=C[C@@H]1C[C@]1(NC(=O)C1C[C@@]2(CN1C(=O)[C@@H](NC(=O)C(N1CCCC1=O)C(C)(C)C)C(C)(C)C)C(C)(C)C21CCC1)C(=C)NC. The third kappa shape index (κ3) is 4.84. The minimum absolute atomic E-state index is 0.00915. The lowest BCUT2D eigenvalue weighted by molar-refractivity contribution is -0.147. The number of hydrogen-bond acceptors (Lipinski definition) is 5. The molecule has 5 aliphatic rings. The third-order valence-electron chi connectivity index (χ3n) is 12.8. The zero-order valence-corrected chi connectivity index (χ0v) is 29.2. The average Bonchev–Trinajstić information content (AvgIpc) is 3.47. The van der Waals surface area contributed by atoms with Crippen molar-refractivity contribution in [3.63, 3.8) is 0 Å². The number of fused-ring (bicyclic) bond motifs is 1. The van der Waals surface area contributed by atoms with Crippen LogP contribution in [-0.2, 0) is 19.2 Å². The van der Waals surface area contributed by atoms with Gasteiger partial charge in [-0.15, -0.1) is 6.58 Å². The van der Waals surface area contributed by atoms with Crippen LogP contribution in [0.4, 0.5) is 0 Å². The van der Waals surface area contributed by atoms with Gasteiger partial charge in [-0.2, -0.15) is 0 Å². The Bertz CT molecular complexity index is 1300. The molecular formula is C36H57N5O4. The molecule has 3 N–H and O–H groups in total. The first kappa shape index (κ1) is 33.5. The van der Waals surface area contributed by atoms with Crippen LogP contribution >= 0.6 is 0 Å². The van der Waals surface area contributed by atoms with E-state index in [4.69, 9.17) is 0 Å². The Morgan fingerprint density at radius 3 is 2.07 bits per heavy atom. The van der Waals surface area contributed by atoms with Gasteiger partial charge in [0.2, 0.25) is 23.6 Å². The Hall–Kier alpha value is -2.84. The summed E-state index contributed by atoms with van der Waals surface area (Å²) >= 11 is 0. The first-order chi connectivity index (χ1) is 20.7. The average molecular weight is 624 g/mol. The summed E-state index contributed by atoms with van der Waals surface area (Å²) in [6.07, 6.45) is 7.74. The van der Waals surface area contributed by atoms with Crippen molar-refractivity contribution in [2.45, 2.75) is 124 Å². The van der Waals surface area contributed by atoms with Gasteiger partial charge in [0.15, 0.2) is 0 Å². The lowest BCUT2D eigenvalue weighted by Crippen LogP contribution is -2.62. The number of rotatable bonds is 9. The van der Waals surface area contributed by atoms with Crippen LogP contribution in [0.1, 0.15) is 100 Å². The largest absolute Gasteiger partial charge is 0.390 e. The molecule has 0 bridgehead atoms. The van der Waals surface area contributed by atoms with Crippen LogP contribution in [0.2, 0.25) is 0 Å². The first-order valence-electron chi connectivity index (χ1n) is 17.0. The summed E-state index contributed by atoms with van der Waals surface area (Å²) in [6.45, 7) is 25.5. The van der Waals surface area contributed by atoms with E-state index in [9.17, 15) is 19.2 Å². The quantitative estimate of drug-likeness (QED) is 0.335. The highest BCUT2D eigenvalue weighted by Gasteiger charge is 2.85. The van der Waals surface area contributed by atoms with Crippen LogP contribution in [-0.4, -0.2) is 77.2 Å². The molecule has 9 nitrogen and oxygen atoms in total. The van der Waals surface area contributed by atoms with Crippen LogP contribution in [0, 0.1) is 33.0 Å². The predicted octanol–water partition coefficient (Wildman–Crippen LogP) is 4.15. The zero-order chi connectivity index (χ0) is 33.5. The topological polar surface area (TPSA) is 111 Å². The Morgan fingerprint density at radius 2 is 1.64 bits per heavy atom. The van der Waals surface area contributed by atoms with E-state index in [1.54, 1.807) is 16.8 Å². The van der Waals surface area contributed by atoms with Crippen molar-refractivity contribution in [3.8, 4) is 0 Å². The van der Waals surface area contributed by atoms with Gasteiger partial charge >= 0.3 is 0 Å². The van der Waals surface area contributed by atoms with Crippen molar-refractivity contribution in [3.05, 3.63) is 24.9 Å². The van der Waals surface area contributed by atoms with Gasteiger partial charge in [-0.3, -0.25) is 19.2 Å². The Kier molecular flexibility index (Phi) is 7.89. The molecule has 2 saturated heterocycles. The molecule has 3 aliphatic carbocycles. The van der Waals surface area contributed by atoms with Gasteiger partial charge < -0.3 is 25.8 Å². The fourth-order valence-corrected chi connectivity index (χ4v) is 9.71. The molecule has 45 heavy (non-hydrogen) atoms. The second kappa shape index (κ2) is 10.6. The van der Waals surface area contributed by atoms with E-state index in [1.807, 2.05) is 47.6 Å². The van der Waals surface area contributed by atoms with Crippen LogP contribution in [0.5, 0.6) is 0 Å². The van der Waals surface area contributed by atoms with Gasteiger partial charge in [-0.05, 0) is 53.8 Å². The van der Waals surface area contributed by atoms with Crippen molar-refractivity contribution < 1.29 is 19.2 Å². The molecule has 0 aromatic heterocycles. The molecule has 2 aliphatic heterocycles. The monoisotopic (exact) mass is 623 g/mol. The van der Waals surface area contributed by atoms with E-state index in [0.29, 0.717) is 32.4 Å². The van der Waals surface area contributed by atoms with Gasteiger partial charge in [-0.25, -0.2) is 0 Å². The number of nitrogens with one attached hydrogen (secondary N) is 3. The highest BCUT2D eigenvalue weighted by Crippen LogP contribution is 2.88. The summed E-state index contributed by atoms with van der Waals surface area (Å²) in [5.74, 6) is -0.686. The highest BCUT2D eigenvalue weighted by molar-refractivity contribution is 5.96. The maximum Gasteiger partial charge on any atom is 0.246 e. The van der Waals surface area contributed by atoms with Crippen LogP contribution in [0.3, 0.4) is 0 Å². The maximum atomic E-state index is 14.8. The van der Waals surface area contributed by atoms with Gasteiger partial charge in [0.05, 0.1) is 5.54 Å². The Morgan fingerprint density at radius 1 is 1.00 bits per heavy atom. The third-order valence-corrected chi connectivity index (χ3v) is 12.8. The van der Waals surface area contributed by atoms with Gasteiger partial charge in [-0.1, -0.05) is 74.5 Å². The first-order valence-corrected chi connectivity index (χ1v) is 17.0. The number of carbonyl (C=O) groups excluding carboxylic acids is 4. The van der Waals surface area contributed by atoms with Crippen molar-refractivity contribution in [1.82, 2.24) is 25.8 Å². The minimum atomic E-state index is -0.875. The predicted molar refractivity (Wildman–Crippen MR) is 176 cm³/mol. The maximum absolute atomic E-state index is 14.8. The second-order valence-electron chi connectivity index (χ2n) is 17.3. The molecule has 4 amide bonds. The molecule has 0 aromatic carbocycles. The van der Waals surface area contributed by atoms with E-state index in [1.165, 1.54) is 6.42 Å². The lowest BCUT2D eigenvalue weighted by atomic mass is 9.73. The molecule has 5 fully saturated rings. The summed E-state index contributed by atoms with van der Waals surface area (Å²) < 4.78 is 0. The van der Waals surface area contributed by atoms with Gasteiger partial charge in [0.1, 0.15) is 18.1 Å². The zero-order valence-electron chi connectivity index (χ0n) is 29.2. The highest BCUT2D eigenvalue weighted by atomic mass is 16.2. The molecular weight excluding hydrogens is 566 g/mol. The standard InChI is InChI=1S/C36H57N5O4/c1-12-23-19-36(23,22(2)37-11)39-28(43)24-20-35(33(9,10)34(35)16-14-17-34)21-41(24)30(45)26(31(3,4)5)38-29(44)27(32(6,7)8)40-18-13-15-25(40)42/h12,23-24,26-27,37H,1-2,13-21H2,3-11H3,(H,38,44)(H,39,43)/t23-,24?,26-,27?,35-,36+/m1/s1. The molecule has 6 atom stereocenters. The van der Waals surface area contributed by atoms with Crippen LogP contribution < -0.4 is 16.0 Å². The number of nitrogens with zero attached hydrogens (tertiary/aromatic N) is 2. The number of amides is 4. The van der Waals surface area contributed by atoms with E-state index < -0.39 is 34.5 Å². The van der Waals surface area contributed by atoms with Crippen molar-refractivity contribution >= 4 is 23.6 Å². The number of likely N-dealkylation sites (N-methyl/N-ethyl adjacent to an activating group) is 1. The van der Waals surface area contributed by atoms with Crippen molar-refractivity contribution in [2.24, 2.45) is 33.0 Å². The summed E-state index contributed by atoms with van der Waals surface area (Å²) in [6, 6.07) is -2.24. The second-order valence-corrected chi connectivity index (χ2v) is 17.3. The van der Waals surface area contributed by atoms with Gasteiger partial charge in [0, 0.05) is 43.6 Å². The van der Waals surface area contributed by atoms with E-state index >= 15 is 0 Å². The lowest BCUT2D eigenvalue weighted by Gasteiger charge is -2.40. The smallest absolute Gasteiger partial charge is 0.246 e. The number of carbonyl (C=O) groups is 4. The van der Waals surface area contributed by atoms with E-state index in [0.717, 1.165) is 25.0 Å². The summed E-state index contributed by atoms with van der Waals surface area (Å²) in [5.41, 5.74) is -1.05. The molecule has 2 heterocycles. The van der Waals surface area contributed by atoms with Crippen LogP contribution in [0.15, 0.2) is 24.9 Å². The summed E-state index contributed by atoms with van der Waals surface area (Å²) in [5, 5.41) is 9.56. The Balaban J connectivity index is 1.47. The van der Waals surface area contributed by atoms with Crippen LogP contribution in [0.25, 0.3) is 0 Å². The van der Waals surface area contributed by atoms with Crippen molar-refractivity contribution in [1.29, 1.82) is 0 Å². The number of hydrogen-bond donors (Lipinski definition) is 3. The normalized spacial score (nSPS) is 32.5. The fraction of sp³-hybridized carbons (Fsp3) is 0.778. The molecule has 2 unspecified atom stereocenters. The van der Waals surface area contributed by atoms with Crippen molar-refractivity contribution in [2.75, 3.05) is 20.1 Å². The molecule has 5 rings (SSSR count). The van der Waals surface area contributed by atoms with E-state index in [-0.39, 0.29) is 45.8 Å². The molecule has 0 radical (unpaired) electrons. The molecule has 9 heteroatoms. The molecule has 2 spiro atoms.